The Labute approximate surface area is 128 Å². The van der Waals surface area contributed by atoms with Crippen molar-refractivity contribution in [3.8, 4) is 0 Å². The fourth-order valence-electron chi connectivity index (χ4n) is 1.81. The van der Waals surface area contributed by atoms with Crippen LogP contribution in [0, 0.1) is 0 Å². The second-order valence-electron chi connectivity index (χ2n) is 4.05. The minimum atomic E-state index is -0.519. The van der Waals surface area contributed by atoms with Crippen LogP contribution in [0.1, 0.15) is 11.5 Å². The van der Waals surface area contributed by atoms with Crippen LogP contribution in [0.5, 0.6) is 0 Å². The van der Waals surface area contributed by atoms with Gasteiger partial charge in [-0.3, -0.25) is 10.3 Å². The largest absolute Gasteiger partial charge is 0.453 e. The molecule has 0 bridgehead atoms. The number of amides is 1. The van der Waals surface area contributed by atoms with Crippen molar-refractivity contribution in [2.45, 2.75) is 5.92 Å². The van der Waals surface area contributed by atoms with Crippen LogP contribution in [0.3, 0.4) is 0 Å². The van der Waals surface area contributed by atoms with Crippen molar-refractivity contribution >= 4 is 43.9 Å². The lowest BCUT2D eigenvalue weighted by atomic mass is 9.98. The molecule has 0 aliphatic carbocycles. The molecule has 1 aliphatic heterocycles. The molecule has 1 unspecified atom stereocenters. The minimum absolute atomic E-state index is 0.269. The molecule has 5 nitrogen and oxygen atoms in total. The summed E-state index contributed by atoms with van der Waals surface area (Å²) in [4.78, 5) is 15.4. The van der Waals surface area contributed by atoms with Crippen molar-refractivity contribution in [3.63, 3.8) is 0 Å². The maximum atomic E-state index is 11.1. The van der Waals surface area contributed by atoms with E-state index in [9.17, 15) is 4.79 Å². The summed E-state index contributed by atoms with van der Waals surface area (Å²) < 4.78 is 6.59. The topological polar surface area (TPSA) is 62.7 Å². The van der Waals surface area contributed by atoms with Crippen molar-refractivity contribution in [1.29, 1.82) is 0 Å². The average Bonchev–Trinajstić information content (AvgIpc) is 2.40. The third-order valence-electron chi connectivity index (χ3n) is 2.79. The van der Waals surface area contributed by atoms with E-state index in [4.69, 9.17) is 0 Å². The van der Waals surface area contributed by atoms with E-state index in [0.29, 0.717) is 19.0 Å². The van der Waals surface area contributed by atoms with Crippen LogP contribution in [0.2, 0.25) is 0 Å². The monoisotopic (exact) mass is 389 g/mol. The lowest BCUT2D eigenvalue weighted by molar-refractivity contribution is 0.176. The van der Waals surface area contributed by atoms with Gasteiger partial charge in [-0.2, -0.15) is 0 Å². The highest BCUT2D eigenvalue weighted by molar-refractivity contribution is 9.11. The standard InChI is InChI=1S/C12H13Br2N3O2/c1-19-12(18)17-11-15-5-7(6-16-11)9-3-2-8(13)4-10(9)14/h2-4,7H,5-6H2,1H3,(H2,15,16,17,18). The van der Waals surface area contributed by atoms with Gasteiger partial charge in [0.15, 0.2) is 0 Å². The van der Waals surface area contributed by atoms with Crippen LogP contribution < -0.4 is 10.6 Å². The van der Waals surface area contributed by atoms with Crippen LogP contribution in [-0.4, -0.2) is 32.3 Å². The van der Waals surface area contributed by atoms with Gasteiger partial charge in [-0.05, 0) is 17.7 Å². The summed E-state index contributed by atoms with van der Waals surface area (Å²) in [6.07, 6.45) is -0.519. The number of ether oxygens (including phenoxy) is 1. The van der Waals surface area contributed by atoms with Crippen LogP contribution >= 0.6 is 31.9 Å². The van der Waals surface area contributed by atoms with Crippen LogP contribution in [-0.2, 0) is 4.74 Å². The van der Waals surface area contributed by atoms with E-state index >= 15 is 0 Å². The summed E-state index contributed by atoms with van der Waals surface area (Å²) in [5.74, 6) is 0.724. The van der Waals surface area contributed by atoms with E-state index in [1.807, 2.05) is 12.1 Å². The molecule has 0 radical (unpaired) electrons. The van der Waals surface area contributed by atoms with Crippen LogP contribution in [0.25, 0.3) is 0 Å². The van der Waals surface area contributed by atoms with Crippen molar-refractivity contribution in [2.24, 2.45) is 4.99 Å². The zero-order valence-corrected chi connectivity index (χ0v) is 13.4. The predicted molar refractivity (Wildman–Crippen MR) is 80.4 cm³/mol. The molecule has 1 aromatic carbocycles. The first-order valence-electron chi connectivity index (χ1n) is 5.68. The molecule has 1 heterocycles. The average molecular weight is 391 g/mol. The normalized spacial score (nSPS) is 18.3. The molecular weight excluding hydrogens is 378 g/mol. The maximum Gasteiger partial charge on any atom is 0.413 e. The summed E-state index contributed by atoms with van der Waals surface area (Å²) in [5.41, 5.74) is 1.19. The van der Waals surface area contributed by atoms with Gasteiger partial charge in [-0.1, -0.05) is 37.9 Å². The van der Waals surface area contributed by atoms with Gasteiger partial charge >= 0.3 is 6.09 Å². The predicted octanol–water partition coefficient (Wildman–Crippen LogP) is 2.61. The highest BCUT2D eigenvalue weighted by Gasteiger charge is 2.20. The zero-order valence-electron chi connectivity index (χ0n) is 10.2. The van der Waals surface area contributed by atoms with Crippen LogP contribution in [0.4, 0.5) is 4.79 Å². The molecule has 102 valence electrons. The number of carbonyl (C=O) groups excluding carboxylic acids is 1. The molecule has 0 saturated heterocycles. The minimum Gasteiger partial charge on any atom is -0.453 e. The number of alkyl carbamates (subject to hydrolysis) is 1. The van der Waals surface area contributed by atoms with E-state index < -0.39 is 6.09 Å². The third kappa shape index (κ3) is 3.70. The Hall–Kier alpha value is -1.08. The molecule has 2 rings (SSSR count). The number of aliphatic imine (C=N–C) groups is 1. The molecule has 7 heteroatoms. The van der Waals surface area contributed by atoms with E-state index in [0.717, 1.165) is 8.95 Å². The second-order valence-corrected chi connectivity index (χ2v) is 5.82. The Balaban J connectivity index is 2.04. The van der Waals surface area contributed by atoms with E-state index in [1.54, 1.807) is 0 Å². The van der Waals surface area contributed by atoms with E-state index in [-0.39, 0.29) is 5.92 Å². The first kappa shape index (κ1) is 14.3. The zero-order chi connectivity index (χ0) is 13.8. The number of methoxy groups -OCH3 is 1. The first-order chi connectivity index (χ1) is 9.10. The molecule has 19 heavy (non-hydrogen) atoms. The molecule has 0 aromatic heterocycles. The second kappa shape index (κ2) is 6.38. The number of hydrogen-bond acceptors (Lipinski definition) is 4. The number of rotatable bonds is 1. The van der Waals surface area contributed by atoms with E-state index in [1.165, 1.54) is 12.7 Å². The van der Waals surface area contributed by atoms with Crippen molar-refractivity contribution in [3.05, 3.63) is 32.7 Å². The van der Waals surface area contributed by atoms with Gasteiger partial charge in [0.25, 0.3) is 0 Å². The lowest BCUT2D eigenvalue weighted by Gasteiger charge is -2.24. The summed E-state index contributed by atoms with van der Waals surface area (Å²) in [6, 6.07) is 6.09. The molecule has 0 spiro atoms. The number of nitrogens with one attached hydrogen (secondary N) is 2. The fraction of sp³-hybridized carbons (Fsp3) is 0.333. The Bertz CT molecular complexity index is 520. The summed E-state index contributed by atoms with van der Waals surface area (Å²) in [6.45, 7) is 1.33. The number of hydrogen-bond donors (Lipinski definition) is 2. The summed E-state index contributed by atoms with van der Waals surface area (Å²) >= 11 is 6.98. The van der Waals surface area contributed by atoms with Crippen molar-refractivity contribution in [1.82, 2.24) is 10.6 Å². The van der Waals surface area contributed by atoms with Gasteiger partial charge in [0.2, 0.25) is 5.96 Å². The Morgan fingerprint density at radius 3 is 2.89 bits per heavy atom. The Kier molecular flexibility index (Phi) is 4.81. The van der Waals surface area contributed by atoms with E-state index in [2.05, 4.69) is 58.3 Å². The Morgan fingerprint density at radius 2 is 2.32 bits per heavy atom. The van der Waals surface area contributed by atoms with Gasteiger partial charge in [0.1, 0.15) is 0 Å². The van der Waals surface area contributed by atoms with Crippen molar-refractivity contribution in [2.75, 3.05) is 20.2 Å². The fourth-order valence-corrected chi connectivity index (χ4v) is 3.18. The quantitative estimate of drug-likeness (QED) is 0.774. The molecule has 1 atom stereocenters. The first-order valence-corrected chi connectivity index (χ1v) is 7.27. The highest BCUT2D eigenvalue weighted by atomic mass is 79.9. The summed E-state index contributed by atoms with van der Waals surface area (Å²) in [7, 11) is 1.32. The van der Waals surface area contributed by atoms with Gasteiger partial charge in [0.05, 0.1) is 13.7 Å². The molecule has 1 aromatic rings. The highest BCUT2D eigenvalue weighted by Crippen LogP contribution is 2.28. The smallest absolute Gasteiger partial charge is 0.413 e. The molecule has 2 N–H and O–H groups in total. The molecule has 1 amide bonds. The van der Waals surface area contributed by atoms with Gasteiger partial charge in [-0.15, -0.1) is 0 Å². The number of halogens is 2. The molecular formula is C12H13Br2N3O2. The molecule has 0 saturated carbocycles. The number of carbonyl (C=O) groups is 1. The summed E-state index contributed by atoms with van der Waals surface area (Å²) in [5, 5.41) is 5.60. The van der Waals surface area contributed by atoms with Gasteiger partial charge in [0, 0.05) is 21.4 Å². The SMILES string of the molecule is COC(=O)NC1=NCC(c2ccc(Br)cc2Br)CN1. The number of nitrogens with zero attached hydrogens (tertiary/aromatic N) is 1. The molecule has 1 aliphatic rings. The Morgan fingerprint density at radius 1 is 1.53 bits per heavy atom. The molecule has 0 fully saturated rings. The number of guanidine groups is 1. The van der Waals surface area contributed by atoms with Crippen LogP contribution in [0.15, 0.2) is 32.1 Å². The number of benzene rings is 1. The van der Waals surface area contributed by atoms with Gasteiger partial charge in [-0.25, -0.2) is 4.79 Å². The maximum absolute atomic E-state index is 11.1. The third-order valence-corrected chi connectivity index (χ3v) is 3.97. The lowest BCUT2D eigenvalue weighted by Crippen LogP contribution is -2.45. The van der Waals surface area contributed by atoms with Gasteiger partial charge < -0.3 is 10.1 Å². The van der Waals surface area contributed by atoms with Crippen molar-refractivity contribution < 1.29 is 9.53 Å².